The zero-order chi connectivity index (χ0) is 33.2. The number of hydrogen-bond acceptors (Lipinski definition) is 10. The Balaban J connectivity index is 0.000000373. The number of carbonyl (C=O) groups excluding carboxylic acids is 2. The minimum atomic E-state index is -0.405. The van der Waals surface area contributed by atoms with Crippen LogP contribution in [0.15, 0.2) is 49.3 Å². The zero-order valence-corrected chi connectivity index (χ0v) is 27.9. The molecule has 2 aliphatic heterocycles. The summed E-state index contributed by atoms with van der Waals surface area (Å²) >= 11 is 0. The Morgan fingerprint density at radius 1 is 0.822 bits per heavy atom. The molecule has 2 fully saturated rings. The summed E-state index contributed by atoms with van der Waals surface area (Å²) < 4.78 is 31.7. The SMILES string of the molecule is C.C=CCc1cccnc1C(=O)OC.CC1(C)O[B]OC1(C)C.COC(=O)c1ncccc1CCCB1OC(C)(C)C(C)(C)O1. The minimum absolute atomic E-state index is 0. The molecular formula is C33H51B2N2O8. The lowest BCUT2D eigenvalue weighted by Gasteiger charge is -2.32. The van der Waals surface area contributed by atoms with Crippen LogP contribution < -0.4 is 0 Å². The number of aromatic nitrogens is 2. The van der Waals surface area contributed by atoms with Crippen LogP contribution in [-0.4, -0.2) is 73.3 Å². The van der Waals surface area contributed by atoms with Gasteiger partial charge in [-0.2, -0.15) is 0 Å². The van der Waals surface area contributed by atoms with Crippen molar-refractivity contribution in [1.29, 1.82) is 0 Å². The highest BCUT2D eigenvalue weighted by Gasteiger charge is 2.50. The number of esters is 2. The molecule has 2 aromatic heterocycles. The molecule has 0 N–H and O–H groups in total. The third-order valence-electron chi connectivity index (χ3n) is 8.23. The van der Waals surface area contributed by atoms with E-state index >= 15 is 0 Å². The zero-order valence-electron chi connectivity index (χ0n) is 27.9. The van der Waals surface area contributed by atoms with Crippen molar-refractivity contribution in [3.8, 4) is 0 Å². The van der Waals surface area contributed by atoms with E-state index in [1.54, 1.807) is 24.5 Å². The van der Waals surface area contributed by atoms with Gasteiger partial charge in [0.15, 0.2) is 11.4 Å². The highest BCUT2D eigenvalue weighted by atomic mass is 16.7. The summed E-state index contributed by atoms with van der Waals surface area (Å²) in [7, 11) is 3.92. The quantitative estimate of drug-likeness (QED) is 0.189. The van der Waals surface area contributed by atoms with Crippen molar-refractivity contribution in [3.05, 3.63) is 71.8 Å². The molecule has 10 nitrogen and oxygen atoms in total. The van der Waals surface area contributed by atoms with Gasteiger partial charge in [0.2, 0.25) is 0 Å². The molecule has 45 heavy (non-hydrogen) atoms. The van der Waals surface area contributed by atoms with Crippen LogP contribution in [0.5, 0.6) is 0 Å². The van der Waals surface area contributed by atoms with Gasteiger partial charge in [-0.25, -0.2) is 19.6 Å². The Morgan fingerprint density at radius 2 is 1.27 bits per heavy atom. The number of methoxy groups -OCH3 is 2. The molecule has 0 spiro atoms. The van der Waals surface area contributed by atoms with Crippen molar-refractivity contribution in [1.82, 2.24) is 9.97 Å². The molecule has 1 radical (unpaired) electrons. The number of aryl methyl sites for hydroxylation is 1. The van der Waals surface area contributed by atoms with Crippen LogP contribution in [0, 0.1) is 0 Å². The van der Waals surface area contributed by atoms with Gasteiger partial charge >= 0.3 is 26.7 Å². The monoisotopic (exact) mass is 625 g/mol. The fraction of sp³-hybridized carbons (Fsp3) is 0.576. The Kier molecular flexibility index (Phi) is 15.1. The van der Waals surface area contributed by atoms with Gasteiger partial charge in [-0.3, -0.25) is 0 Å². The predicted molar refractivity (Wildman–Crippen MR) is 177 cm³/mol. The first kappa shape index (κ1) is 40.0. The van der Waals surface area contributed by atoms with Gasteiger partial charge in [0, 0.05) is 12.4 Å². The van der Waals surface area contributed by atoms with Crippen LogP contribution in [0.3, 0.4) is 0 Å². The molecule has 0 aliphatic carbocycles. The molecule has 4 heterocycles. The molecule has 0 saturated carbocycles. The van der Waals surface area contributed by atoms with Gasteiger partial charge in [-0.05, 0) is 97.8 Å². The summed E-state index contributed by atoms with van der Waals surface area (Å²) in [5.41, 5.74) is 1.51. The Morgan fingerprint density at radius 3 is 1.67 bits per heavy atom. The lowest BCUT2D eigenvalue weighted by Crippen LogP contribution is -2.41. The fourth-order valence-electron chi connectivity index (χ4n) is 4.05. The topological polar surface area (TPSA) is 115 Å². The van der Waals surface area contributed by atoms with Gasteiger partial charge < -0.3 is 28.1 Å². The number of hydrogen-bond donors (Lipinski definition) is 0. The third kappa shape index (κ3) is 10.8. The lowest BCUT2D eigenvalue weighted by molar-refractivity contribution is 0.00578. The summed E-state index contributed by atoms with van der Waals surface area (Å²) in [5, 5.41) is 0. The highest BCUT2D eigenvalue weighted by molar-refractivity contribution is 6.45. The van der Waals surface area contributed by atoms with Crippen molar-refractivity contribution >= 4 is 26.7 Å². The van der Waals surface area contributed by atoms with E-state index in [1.807, 2.05) is 73.6 Å². The number of carbonyl (C=O) groups is 2. The standard InChI is InChI=1S/C16H24BNO4.C10H11NO2.C6H12BO2.CH4/c1-15(2)16(3,4)22-17(21-15)10-6-8-12-9-7-11-18-13(12)14(19)20-5;1-3-5-8-6-4-7-11-9(8)10(12)13-2;1-5(2)6(3,4)9-7-8-5;/h7,9,11H,6,8,10H2,1-5H3;3-4,6-7H,1,5H2,2H3;1-4H3;1H4. The van der Waals surface area contributed by atoms with Gasteiger partial charge in [-0.1, -0.05) is 32.1 Å². The minimum Gasteiger partial charge on any atom is -0.464 e. The van der Waals surface area contributed by atoms with E-state index in [4.69, 9.17) is 23.4 Å². The molecular weight excluding hydrogens is 574 g/mol. The first-order valence-electron chi connectivity index (χ1n) is 14.7. The third-order valence-corrected chi connectivity index (χ3v) is 8.23. The number of allylic oxidation sites excluding steroid dienone is 1. The predicted octanol–water partition coefficient (Wildman–Crippen LogP) is 6.25. The molecule has 0 unspecified atom stereocenters. The Hall–Kier alpha value is -3.05. The second kappa shape index (κ2) is 17.0. The van der Waals surface area contributed by atoms with Crippen molar-refractivity contribution < 1.29 is 37.7 Å². The van der Waals surface area contributed by atoms with Gasteiger partial charge in [0.1, 0.15) is 0 Å². The van der Waals surface area contributed by atoms with Crippen LogP contribution in [0.25, 0.3) is 0 Å². The summed E-state index contributed by atoms with van der Waals surface area (Å²) in [6, 6.07) is 7.35. The number of ether oxygens (including phenoxy) is 2. The van der Waals surface area contributed by atoms with Crippen molar-refractivity contribution in [2.75, 3.05) is 14.2 Å². The first-order chi connectivity index (χ1) is 20.5. The molecule has 2 saturated heterocycles. The maximum absolute atomic E-state index is 11.7. The van der Waals surface area contributed by atoms with E-state index in [9.17, 15) is 9.59 Å². The van der Waals surface area contributed by atoms with Crippen molar-refractivity contribution in [3.63, 3.8) is 0 Å². The second-order valence-corrected chi connectivity index (χ2v) is 12.4. The van der Waals surface area contributed by atoms with Crippen LogP contribution in [-0.2, 0) is 40.9 Å². The molecule has 2 aromatic rings. The summed E-state index contributed by atoms with van der Waals surface area (Å²) in [6.45, 7) is 19.8. The molecule has 0 amide bonds. The van der Waals surface area contributed by atoms with E-state index in [1.165, 1.54) is 21.9 Å². The Labute approximate surface area is 271 Å². The molecule has 0 bridgehead atoms. The van der Waals surface area contributed by atoms with Crippen LogP contribution >= 0.6 is 0 Å². The summed E-state index contributed by atoms with van der Waals surface area (Å²) in [5.74, 6) is -0.802. The number of rotatable bonds is 8. The van der Waals surface area contributed by atoms with Crippen LogP contribution in [0.1, 0.15) is 101 Å². The van der Waals surface area contributed by atoms with E-state index < -0.39 is 11.9 Å². The van der Waals surface area contributed by atoms with Crippen molar-refractivity contribution in [2.24, 2.45) is 0 Å². The van der Waals surface area contributed by atoms with E-state index in [2.05, 4.69) is 21.3 Å². The fourth-order valence-corrected chi connectivity index (χ4v) is 4.05. The second-order valence-electron chi connectivity index (χ2n) is 12.4. The van der Waals surface area contributed by atoms with Crippen LogP contribution in [0.2, 0.25) is 6.32 Å². The molecule has 2 aliphatic rings. The highest BCUT2D eigenvalue weighted by Crippen LogP contribution is 2.38. The van der Waals surface area contributed by atoms with Crippen molar-refractivity contribution in [2.45, 2.75) is 111 Å². The van der Waals surface area contributed by atoms with Crippen LogP contribution in [0.4, 0.5) is 0 Å². The average Bonchev–Trinajstić information content (AvgIpc) is 3.34. The summed E-state index contributed by atoms with van der Waals surface area (Å²) in [6.07, 6.45) is 7.89. The molecule has 247 valence electrons. The normalized spacial score (nSPS) is 18.0. The molecule has 0 atom stereocenters. The maximum atomic E-state index is 11.7. The van der Waals surface area contributed by atoms with Gasteiger partial charge in [-0.15, -0.1) is 6.58 Å². The van der Waals surface area contributed by atoms with E-state index in [0.29, 0.717) is 17.8 Å². The number of nitrogens with zero attached hydrogens (tertiary/aromatic N) is 2. The number of pyridine rings is 2. The molecule has 4 rings (SSSR count). The van der Waals surface area contributed by atoms with Gasteiger partial charge in [0.25, 0.3) is 0 Å². The summed E-state index contributed by atoms with van der Waals surface area (Å²) in [4.78, 5) is 30.9. The maximum Gasteiger partial charge on any atom is 0.488 e. The lowest BCUT2D eigenvalue weighted by atomic mass is 9.81. The smallest absolute Gasteiger partial charge is 0.464 e. The van der Waals surface area contributed by atoms with E-state index in [-0.39, 0.29) is 36.9 Å². The molecule has 12 heteroatoms. The Bertz CT molecular complexity index is 1240. The van der Waals surface area contributed by atoms with E-state index in [0.717, 1.165) is 30.3 Å². The average molecular weight is 625 g/mol. The first-order valence-corrected chi connectivity index (χ1v) is 14.7. The van der Waals surface area contributed by atoms with Gasteiger partial charge in [0.05, 0.1) is 36.6 Å². The molecule has 0 aromatic carbocycles. The largest absolute Gasteiger partial charge is 0.488 e.